The number of benzene rings is 2. The summed E-state index contributed by atoms with van der Waals surface area (Å²) in [5.41, 5.74) is 3.48. The van der Waals surface area contributed by atoms with Crippen LogP contribution in [0.2, 0.25) is 0 Å². The molecule has 6 heteroatoms. The lowest BCUT2D eigenvalue weighted by molar-refractivity contribution is -0.129. The number of amides is 2. The van der Waals surface area contributed by atoms with E-state index in [9.17, 15) is 9.59 Å². The number of hydrogen-bond acceptors (Lipinski definition) is 4. The minimum Gasteiger partial charge on any atom is -0.493 e. The van der Waals surface area contributed by atoms with Crippen LogP contribution in [0.4, 0.5) is 0 Å². The molecule has 2 amide bonds. The highest BCUT2D eigenvalue weighted by Gasteiger charge is 2.33. The maximum Gasteiger partial charge on any atom is 0.225 e. The monoisotopic (exact) mass is 410 g/mol. The number of carbonyl (C=O) groups excluding carboxylic acids is 2. The molecule has 0 spiro atoms. The fourth-order valence-electron chi connectivity index (χ4n) is 3.69. The van der Waals surface area contributed by atoms with Gasteiger partial charge in [-0.3, -0.25) is 9.59 Å². The molecule has 2 aromatic rings. The Morgan fingerprint density at radius 1 is 1.03 bits per heavy atom. The number of carbonyl (C=O) groups is 2. The van der Waals surface area contributed by atoms with E-state index in [1.54, 1.807) is 19.1 Å². The fourth-order valence-corrected chi connectivity index (χ4v) is 3.69. The highest BCUT2D eigenvalue weighted by Crippen LogP contribution is 2.27. The number of likely N-dealkylation sites (tertiary alicyclic amines) is 1. The van der Waals surface area contributed by atoms with E-state index < -0.39 is 0 Å². The first-order chi connectivity index (χ1) is 14.5. The minimum atomic E-state index is -0.277. The van der Waals surface area contributed by atoms with Gasteiger partial charge in [0, 0.05) is 26.1 Å². The van der Waals surface area contributed by atoms with Crippen LogP contribution in [-0.2, 0) is 22.4 Å². The van der Waals surface area contributed by atoms with Crippen LogP contribution in [0.25, 0.3) is 0 Å². The van der Waals surface area contributed by atoms with E-state index in [4.69, 9.17) is 9.47 Å². The van der Waals surface area contributed by atoms with Gasteiger partial charge in [-0.1, -0.05) is 35.9 Å². The molecule has 0 aliphatic carbocycles. The zero-order valence-electron chi connectivity index (χ0n) is 17.9. The fraction of sp³-hybridized carbons (Fsp3) is 0.417. The second-order valence-corrected chi connectivity index (χ2v) is 7.71. The van der Waals surface area contributed by atoms with Gasteiger partial charge >= 0.3 is 0 Å². The molecule has 1 fully saturated rings. The molecule has 6 nitrogen and oxygen atoms in total. The summed E-state index contributed by atoms with van der Waals surface area (Å²) in [4.78, 5) is 26.6. The standard InChI is InChI=1S/C24H30N2O4/c1-17-4-6-18(7-5-17)11-13-26-16-20(15-23(26)27)24(28)25-12-10-19-8-9-21(29-2)22(14-19)30-3/h4-9,14,20H,10-13,15-16H2,1-3H3,(H,25,28)/t20-/m1/s1. The number of nitrogens with one attached hydrogen (secondary N) is 1. The molecule has 2 aromatic carbocycles. The lowest BCUT2D eigenvalue weighted by Gasteiger charge is -2.17. The number of methoxy groups -OCH3 is 2. The number of aryl methyl sites for hydroxylation is 1. The highest BCUT2D eigenvalue weighted by atomic mass is 16.5. The van der Waals surface area contributed by atoms with Crippen LogP contribution >= 0.6 is 0 Å². The smallest absolute Gasteiger partial charge is 0.225 e. The quantitative estimate of drug-likeness (QED) is 0.690. The van der Waals surface area contributed by atoms with E-state index in [0.29, 0.717) is 37.6 Å². The first kappa shape index (κ1) is 21.7. The number of rotatable bonds is 9. The van der Waals surface area contributed by atoms with Gasteiger partial charge in [0.2, 0.25) is 11.8 Å². The first-order valence-corrected chi connectivity index (χ1v) is 10.3. The normalized spacial score (nSPS) is 15.9. The van der Waals surface area contributed by atoms with Gasteiger partial charge in [-0.2, -0.15) is 0 Å². The van der Waals surface area contributed by atoms with Crippen molar-refractivity contribution in [1.82, 2.24) is 10.2 Å². The third-order valence-corrected chi connectivity index (χ3v) is 5.54. The lowest BCUT2D eigenvalue weighted by atomic mass is 10.1. The van der Waals surface area contributed by atoms with Crippen molar-refractivity contribution < 1.29 is 19.1 Å². The van der Waals surface area contributed by atoms with Gasteiger partial charge in [-0.15, -0.1) is 0 Å². The van der Waals surface area contributed by atoms with E-state index in [0.717, 1.165) is 12.0 Å². The van der Waals surface area contributed by atoms with Crippen LogP contribution in [0.15, 0.2) is 42.5 Å². The number of nitrogens with zero attached hydrogens (tertiary/aromatic N) is 1. The van der Waals surface area contributed by atoms with Gasteiger partial charge < -0.3 is 19.7 Å². The SMILES string of the molecule is COc1ccc(CCNC(=O)[C@@H]2CC(=O)N(CCc3ccc(C)cc3)C2)cc1OC. The summed E-state index contributed by atoms with van der Waals surface area (Å²) in [5.74, 6) is 1.08. The average Bonchev–Trinajstić information content (AvgIpc) is 3.13. The molecular weight excluding hydrogens is 380 g/mol. The van der Waals surface area contributed by atoms with E-state index >= 15 is 0 Å². The Bertz CT molecular complexity index is 879. The van der Waals surface area contributed by atoms with Gasteiger partial charge in [0.15, 0.2) is 11.5 Å². The van der Waals surface area contributed by atoms with Crippen molar-refractivity contribution in [3.63, 3.8) is 0 Å². The Morgan fingerprint density at radius 2 is 1.73 bits per heavy atom. The van der Waals surface area contributed by atoms with E-state index in [1.165, 1.54) is 11.1 Å². The topological polar surface area (TPSA) is 67.9 Å². The zero-order chi connectivity index (χ0) is 21.5. The van der Waals surface area contributed by atoms with E-state index in [1.807, 2.05) is 18.2 Å². The Morgan fingerprint density at radius 3 is 2.43 bits per heavy atom. The van der Waals surface area contributed by atoms with E-state index in [2.05, 4.69) is 36.5 Å². The Labute approximate surface area is 178 Å². The summed E-state index contributed by atoms with van der Waals surface area (Å²) < 4.78 is 10.6. The summed E-state index contributed by atoms with van der Waals surface area (Å²) in [7, 11) is 3.20. The predicted molar refractivity (Wildman–Crippen MR) is 116 cm³/mol. The maximum absolute atomic E-state index is 12.5. The van der Waals surface area contributed by atoms with Crippen molar-refractivity contribution >= 4 is 11.8 Å². The molecule has 1 N–H and O–H groups in total. The van der Waals surface area contributed by atoms with Crippen molar-refractivity contribution in [2.24, 2.45) is 5.92 Å². The lowest BCUT2D eigenvalue weighted by Crippen LogP contribution is -2.34. The van der Waals surface area contributed by atoms with Crippen LogP contribution in [0.1, 0.15) is 23.1 Å². The van der Waals surface area contributed by atoms with E-state index in [-0.39, 0.29) is 24.2 Å². The molecule has 0 unspecified atom stereocenters. The average molecular weight is 411 g/mol. The molecule has 0 bridgehead atoms. The van der Waals surface area contributed by atoms with Crippen molar-refractivity contribution in [2.75, 3.05) is 33.9 Å². The van der Waals surface area contributed by atoms with Gasteiger partial charge in [-0.25, -0.2) is 0 Å². The van der Waals surface area contributed by atoms with Crippen LogP contribution in [0.3, 0.4) is 0 Å². The highest BCUT2D eigenvalue weighted by molar-refractivity contribution is 5.89. The molecule has 30 heavy (non-hydrogen) atoms. The maximum atomic E-state index is 12.5. The summed E-state index contributed by atoms with van der Waals surface area (Å²) in [6.45, 7) is 3.72. The van der Waals surface area contributed by atoms with Gasteiger partial charge in [0.05, 0.1) is 20.1 Å². The Balaban J connectivity index is 1.44. The van der Waals surface area contributed by atoms with Gasteiger partial charge in [0.25, 0.3) is 0 Å². The molecular formula is C24H30N2O4. The molecule has 0 aromatic heterocycles. The largest absolute Gasteiger partial charge is 0.493 e. The third-order valence-electron chi connectivity index (χ3n) is 5.54. The Kier molecular flexibility index (Phi) is 7.33. The van der Waals surface area contributed by atoms with Crippen LogP contribution in [0.5, 0.6) is 11.5 Å². The molecule has 0 saturated carbocycles. The van der Waals surface area contributed by atoms with Crippen molar-refractivity contribution in [3.05, 3.63) is 59.2 Å². The predicted octanol–water partition coefficient (Wildman–Crippen LogP) is 2.76. The van der Waals surface area contributed by atoms with Crippen molar-refractivity contribution in [1.29, 1.82) is 0 Å². The second kappa shape index (κ2) is 10.1. The molecule has 1 heterocycles. The van der Waals surface area contributed by atoms with Crippen LogP contribution in [-0.4, -0.2) is 50.6 Å². The van der Waals surface area contributed by atoms with Crippen molar-refractivity contribution in [3.8, 4) is 11.5 Å². The van der Waals surface area contributed by atoms with Gasteiger partial charge in [0.1, 0.15) is 0 Å². The summed E-state index contributed by atoms with van der Waals surface area (Å²) >= 11 is 0. The number of hydrogen-bond donors (Lipinski definition) is 1. The third kappa shape index (κ3) is 5.53. The van der Waals surface area contributed by atoms with Crippen LogP contribution < -0.4 is 14.8 Å². The molecule has 0 radical (unpaired) electrons. The summed E-state index contributed by atoms with van der Waals surface area (Å²) in [6, 6.07) is 14.1. The molecule has 3 rings (SSSR count). The molecule has 1 atom stereocenters. The van der Waals surface area contributed by atoms with Crippen LogP contribution in [0, 0.1) is 12.8 Å². The molecule has 1 aliphatic heterocycles. The van der Waals surface area contributed by atoms with Gasteiger partial charge in [-0.05, 0) is 43.0 Å². The molecule has 1 aliphatic rings. The summed E-state index contributed by atoms with van der Waals surface area (Å²) in [6.07, 6.45) is 1.78. The minimum absolute atomic E-state index is 0.0540. The Hall–Kier alpha value is -3.02. The summed E-state index contributed by atoms with van der Waals surface area (Å²) in [5, 5.41) is 2.97. The van der Waals surface area contributed by atoms with Crippen molar-refractivity contribution in [2.45, 2.75) is 26.2 Å². The zero-order valence-corrected chi connectivity index (χ0v) is 17.9. The second-order valence-electron chi connectivity index (χ2n) is 7.71. The molecule has 160 valence electrons. The number of ether oxygens (including phenoxy) is 2. The first-order valence-electron chi connectivity index (χ1n) is 10.3. The molecule has 1 saturated heterocycles.